The predicted octanol–water partition coefficient (Wildman–Crippen LogP) is 1.25. The van der Waals surface area contributed by atoms with Crippen LogP contribution < -0.4 is 5.73 Å². The highest BCUT2D eigenvalue weighted by atomic mass is 32.1. The van der Waals surface area contributed by atoms with Crippen molar-refractivity contribution in [3.05, 3.63) is 16.6 Å². The van der Waals surface area contributed by atoms with Gasteiger partial charge in [-0.15, -0.1) is 11.3 Å². The molecule has 2 rings (SSSR count). The van der Waals surface area contributed by atoms with Crippen LogP contribution in [0.25, 0.3) is 0 Å². The molecule has 1 saturated heterocycles. The van der Waals surface area contributed by atoms with E-state index >= 15 is 0 Å². The molecule has 1 aliphatic heterocycles. The van der Waals surface area contributed by atoms with Crippen LogP contribution in [0.1, 0.15) is 25.6 Å². The zero-order valence-electron chi connectivity index (χ0n) is 9.80. The van der Waals surface area contributed by atoms with Crippen molar-refractivity contribution < 1.29 is 4.74 Å². The Morgan fingerprint density at radius 3 is 3.06 bits per heavy atom. The molecular formula is C11H19N3OS. The van der Waals surface area contributed by atoms with Crippen molar-refractivity contribution in [3.8, 4) is 0 Å². The lowest BCUT2D eigenvalue weighted by atomic mass is 10.1. The van der Waals surface area contributed by atoms with Crippen molar-refractivity contribution in [2.45, 2.75) is 32.0 Å². The quantitative estimate of drug-likeness (QED) is 0.865. The Hall–Kier alpha value is -0.490. The van der Waals surface area contributed by atoms with Gasteiger partial charge in [0.15, 0.2) is 0 Å². The maximum Gasteiger partial charge on any atom is 0.0850 e. The Kier molecular flexibility index (Phi) is 3.91. The number of nitrogens with two attached hydrogens (primary N) is 1. The molecule has 0 spiro atoms. The highest BCUT2D eigenvalue weighted by Gasteiger charge is 2.27. The molecule has 0 radical (unpaired) electrons. The van der Waals surface area contributed by atoms with Crippen molar-refractivity contribution in [2.24, 2.45) is 5.73 Å². The molecule has 0 bridgehead atoms. The lowest BCUT2D eigenvalue weighted by molar-refractivity contribution is -0.0502. The Morgan fingerprint density at radius 1 is 1.62 bits per heavy atom. The van der Waals surface area contributed by atoms with Crippen molar-refractivity contribution in [2.75, 3.05) is 19.7 Å². The van der Waals surface area contributed by atoms with Crippen LogP contribution in [0.2, 0.25) is 0 Å². The number of aromatic nitrogens is 1. The van der Waals surface area contributed by atoms with E-state index in [9.17, 15) is 0 Å². The summed E-state index contributed by atoms with van der Waals surface area (Å²) in [5.74, 6) is 0. The first-order chi connectivity index (χ1) is 7.68. The SMILES string of the molecule is CC(N)C1CN(C(C)c2cscn2)CCO1. The first kappa shape index (κ1) is 12.0. The second-order valence-corrected chi connectivity index (χ2v) is 5.07. The Bertz CT molecular complexity index is 315. The van der Waals surface area contributed by atoms with E-state index in [-0.39, 0.29) is 12.1 Å². The van der Waals surface area contributed by atoms with Gasteiger partial charge in [0.05, 0.1) is 30.0 Å². The molecule has 4 nitrogen and oxygen atoms in total. The summed E-state index contributed by atoms with van der Waals surface area (Å²) in [6.07, 6.45) is 0.148. The summed E-state index contributed by atoms with van der Waals surface area (Å²) in [4.78, 5) is 6.76. The summed E-state index contributed by atoms with van der Waals surface area (Å²) < 4.78 is 5.65. The topological polar surface area (TPSA) is 51.4 Å². The van der Waals surface area contributed by atoms with Crippen LogP contribution in [0.3, 0.4) is 0 Å². The average molecular weight is 241 g/mol. The number of thiazole rings is 1. The molecule has 3 unspecified atom stereocenters. The molecule has 2 N–H and O–H groups in total. The molecule has 0 aromatic carbocycles. The van der Waals surface area contributed by atoms with Crippen LogP contribution in [0.15, 0.2) is 10.9 Å². The van der Waals surface area contributed by atoms with Gasteiger partial charge in [-0.05, 0) is 13.8 Å². The highest BCUT2D eigenvalue weighted by molar-refractivity contribution is 7.07. The van der Waals surface area contributed by atoms with Gasteiger partial charge in [-0.3, -0.25) is 4.90 Å². The predicted molar refractivity (Wildman–Crippen MR) is 65.5 cm³/mol. The fraction of sp³-hybridized carbons (Fsp3) is 0.727. The minimum absolute atomic E-state index is 0.0884. The van der Waals surface area contributed by atoms with E-state index in [4.69, 9.17) is 10.5 Å². The van der Waals surface area contributed by atoms with Crippen LogP contribution in [0, 0.1) is 0 Å². The van der Waals surface area contributed by atoms with E-state index < -0.39 is 0 Å². The second kappa shape index (κ2) is 5.23. The zero-order valence-corrected chi connectivity index (χ0v) is 10.6. The first-order valence-electron chi connectivity index (χ1n) is 5.68. The fourth-order valence-corrected chi connectivity index (χ4v) is 2.62. The average Bonchev–Trinajstić information content (AvgIpc) is 2.81. The minimum Gasteiger partial charge on any atom is -0.374 e. The van der Waals surface area contributed by atoms with Crippen LogP contribution in [-0.4, -0.2) is 41.7 Å². The number of nitrogens with zero attached hydrogens (tertiary/aromatic N) is 2. The molecule has 1 aliphatic rings. The fourth-order valence-electron chi connectivity index (χ4n) is 1.98. The molecule has 0 aliphatic carbocycles. The molecule has 3 atom stereocenters. The second-order valence-electron chi connectivity index (χ2n) is 4.35. The van der Waals surface area contributed by atoms with Crippen LogP contribution >= 0.6 is 11.3 Å². The molecule has 5 heteroatoms. The van der Waals surface area contributed by atoms with Gasteiger partial charge in [-0.1, -0.05) is 0 Å². The van der Waals surface area contributed by atoms with Crippen LogP contribution in [-0.2, 0) is 4.74 Å². The van der Waals surface area contributed by atoms with Gasteiger partial charge in [0.2, 0.25) is 0 Å². The molecule has 1 aromatic rings. The maximum absolute atomic E-state index is 5.88. The Balaban J connectivity index is 1.99. The van der Waals surface area contributed by atoms with E-state index in [2.05, 4.69) is 22.2 Å². The highest BCUT2D eigenvalue weighted by Crippen LogP contribution is 2.22. The number of ether oxygens (including phenoxy) is 1. The Morgan fingerprint density at radius 2 is 2.44 bits per heavy atom. The number of morpholine rings is 1. The third-order valence-corrected chi connectivity index (χ3v) is 3.74. The third kappa shape index (κ3) is 2.60. The summed E-state index contributed by atoms with van der Waals surface area (Å²) in [6.45, 7) is 6.82. The van der Waals surface area contributed by atoms with Gasteiger partial charge in [-0.25, -0.2) is 4.98 Å². The van der Waals surface area contributed by atoms with Crippen LogP contribution in [0.4, 0.5) is 0 Å². The van der Waals surface area contributed by atoms with Crippen LogP contribution in [0.5, 0.6) is 0 Å². The number of hydrogen-bond acceptors (Lipinski definition) is 5. The number of hydrogen-bond donors (Lipinski definition) is 1. The van der Waals surface area contributed by atoms with Crippen molar-refractivity contribution >= 4 is 11.3 Å². The van der Waals surface area contributed by atoms with Gasteiger partial charge >= 0.3 is 0 Å². The molecule has 16 heavy (non-hydrogen) atoms. The largest absolute Gasteiger partial charge is 0.374 e. The van der Waals surface area contributed by atoms with Gasteiger partial charge in [0, 0.05) is 24.5 Å². The van der Waals surface area contributed by atoms with E-state index in [1.54, 1.807) is 11.3 Å². The van der Waals surface area contributed by atoms with Crippen molar-refractivity contribution in [1.29, 1.82) is 0 Å². The summed E-state index contributed by atoms with van der Waals surface area (Å²) in [5.41, 5.74) is 8.92. The minimum atomic E-state index is 0.0884. The molecule has 0 amide bonds. The lowest BCUT2D eigenvalue weighted by Gasteiger charge is -2.37. The van der Waals surface area contributed by atoms with Crippen molar-refractivity contribution in [1.82, 2.24) is 9.88 Å². The smallest absolute Gasteiger partial charge is 0.0850 e. The first-order valence-corrected chi connectivity index (χ1v) is 6.62. The maximum atomic E-state index is 5.88. The monoisotopic (exact) mass is 241 g/mol. The van der Waals surface area contributed by atoms with Gasteiger partial charge in [0.25, 0.3) is 0 Å². The molecule has 1 aromatic heterocycles. The van der Waals surface area contributed by atoms with Crippen molar-refractivity contribution in [3.63, 3.8) is 0 Å². The normalized spacial score (nSPS) is 26.6. The van der Waals surface area contributed by atoms with E-state index in [1.165, 1.54) is 0 Å². The van der Waals surface area contributed by atoms with E-state index in [0.717, 1.165) is 25.4 Å². The Labute approximate surface area is 100 Å². The summed E-state index contributed by atoms with van der Waals surface area (Å²) in [6, 6.07) is 0.446. The van der Waals surface area contributed by atoms with E-state index in [1.807, 2.05) is 12.4 Å². The van der Waals surface area contributed by atoms with Gasteiger partial charge in [-0.2, -0.15) is 0 Å². The molecule has 90 valence electrons. The zero-order chi connectivity index (χ0) is 11.5. The summed E-state index contributed by atoms with van der Waals surface area (Å²) in [5, 5.41) is 2.11. The van der Waals surface area contributed by atoms with Gasteiger partial charge in [0.1, 0.15) is 0 Å². The summed E-state index contributed by atoms with van der Waals surface area (Å²) in [7, 11) is 0. The lowest BCUT2D eigenvalue weighted by Crippen LogP contribution is -2.50. The van der Waals surface area contributed by atoms with E-state index in [0.29, 0.717) is 6.04 Å². The molecule has 0 saturated carbocycles. The molecule has 1 fully saturated rings. The molecular weight excluding hydrogens is 222 g/mol. The molecule has 2 heterocycles. The third-order valence-electron chi connectivity index (χ3n) is 3.14. The summed E-state index contributed by atoms with van der Waals surface area (Å²) >= 11 is 1.65. The standard InChI is InChI=1S/C11H19N3OS/c1-8(12)11-5-14(3-4-15-11)9(2)10-6-16-7-13-10/h6-9,11H,3-5,12H2,1-2H3. The number of rotatable bonds is 3. The van der Waals surface area contributed by atoms with Gasteiger partial charge < -0.3 is 10.5 Å².